The third kappa shape index (κ3) is 3.82. The van der Waals surface area contributed by atoms with Gasteiger partial charge in [-0.15, -0.1) is 0 Å². The molecule has 0 saturated carbocycles. The van der Waals surface area contributed by atoms with Crippen LogP contribution in [0.5, 0.6) is 0 Å². The van der Waals surface area contributed by atoms with Crippen molar-refractivity contribution in [2.24, 2.45) is 0 Å². The van der Waals surface area contributed by atoms with E-state index < -0.39 is 0 Å². The molecule has 0 bridgehead atoms. The number of piperazine rings is 1. The second-order valence-electron chi connectivity index (χ2n) is 7.66. The Labute approximate surface area is 171 Å². The summed E-state index contributed by atoms with van der Waals surface area (Å²) >= 11 is 0. The topological polar surface area (TPSA) is 32.5 Å². The third-order valence-electron chi connectivity index (χ3n) is 5.83. The van der Waals surface area contributed by atoms with E-state index >= 15 is 0 Å². The van der Waals surface area contributed by atoms with E-state index in [0.717, 1.165) is 49.4 Å². The monoisotopic (exact) mass is 383 g/mol. The van der Waals surface area contributed by atoms with Gasteiger partial charge >= 0.3 is 0 Å². The van der Waals surface area contributed by atoms with Gasteiger partial charge in [0.25, 0.3) is 0 Å². The molecule has 3 aromatic carbocycles. The van der Waals surface area contributed by atoms with E-state index in [1.54, 1.807) is 0 Å². The first kappa shape index (κ1) is 18.1. The van der Waals surface area contributed by atoms with Crippen LogP contribution >= 0.6 is 0 Å². The molecule has 0 amide bonds. The molecule has 0 radical (unpaired) electrons. The summed E-state index contributed by atoms with van der Waals surface area (Å²) in [4.78, 5) is 5.08. The lowest BCUT2D eigenvalue weighted by atomic mass is 9.96. The van der Waals surface area contributed by atoms with Crippen LogP contribution in [-0.4, -0.2) is 41.1 Å². The van der Waals surface area contributed by atoms with Crippen LogP contribution in [0.2, 0.25) is 0 Å². The highest BCUT2D eigenvalue weighted by atomic mass is 16.5. The minimum Gasteiger partial charge on any atom is -0.356 e. The number of fused-ring (bicyclic) bond motifs is 1. The van der Waals surface area contributed by atoms with Crippen molar-refractivity contribution in [1.29, 1.82) is 0 Å². The van der Waals surface area contributed by atoms with Crippen LogP contribution in [0.25, 0.3) is 11.0 Å². The van der Waals surface area contributed by atoms with Crippen LogP contribution in [0.3, 0.4) is 0 Å². The summed E-state index contributed by atoms with van der Waals surface area (Å²) in [6.07, 6.45) is 0. The molecule has 4 nitrogen and oxygen atoms in total. The SMILES string of the molecule is c1ccc(C(c2ccccc2)N2CCN(Cc3noc4ccccc34)CC2)cc1. The van der Waals surface area contributed by atoms with Crippen molar-refractivity contribution in [3.8, 4) is 0 Å². The second kappa shape index (κ2) is 8.19. The molecule has 1 saturated heterocycles. The fourth-order valence-electron chi connectivity index (χ4n) is 4.33. The van der Waals surface area contributed by atoms with Crippen molar-refractivity contribution < 1.29 is 4.52 Å². The summed E-state index contributed by atoms with van der Waals surface area (Å²) in [5, 5.41) is 5.43. The molecule has 1 fully saturated rings. The number of nitrogens with zero attached hydrogens (tertiary/aromatic N) is 3. The molecule has 146 valence electrons. The van der Waals surface area contributed by atoms with E-state index in [1.807, 2.05) is 18.2 Å². The van der Waals surface area contributed by atoms with Crippen molar-refractivity contribution in [1.82, 2.24) is 15.0 Å². The third-order valence-corrected chi connectivity index (χ3v) is 5.83. The van der Waals surface area contributed by atoms with E-state index in [9.17, 15) is 0 Å². The normalized spacial score (nSPS) is 15.9. The van der Waals surface area contributed by atoms with Gasteiger partial charge in [0, 0.05) is 38.1 Å². The highest BCUT2D eigenvalue weighted by Gasteiger charge is 2.26. The van der Waals surface area contributed by atoms with Gasteiger partial charge in [-0.05, 0) is 23.3 Å². The number of benzene rings is 3. The smallest absolute Gasteiger partial charge is 0.167 e. The van der Waals surface area contributed by atoms with Gasteiger partial charge < -0.3 is 4.52 Å². The van der Waals surface area contributed by atoms with Crippen LogP contribution < -0.4 is 0 Å². The summed E-state index contributed by atoms with van der Waals surface area (Å²) < 4.78 is 5.48. The molecule has 29 heavy (non-hydrogen) atoms. The van der Waals surface area contributed by atoms with Gasteiger partial charge in [0.1, 0.15) is 5.69 Å². The number of hydrogen-bond acceptors (Lipinski definition) is 4. The van der Waals surface area contributed by atoms with Gasteiger partial charge in [-0.1, -0.05) is 78.0 Å². The maximum absolute atomic E-state index is 5.48. The Hall–Kier alpha value is -2.95. The zero-order chi connectivity index (χ0) is 19.5. The van der Waals surface area contributed by atoms with E-state index in [4.69, 9.17) is 4.52 Å². The fourth-order valence-corrected chi connectivity index (χ4v) is 4.33. The Bertz CT molecular complexity index is 1010. The van der Waals surface area contributed by atoms with Crippen molar-refractivity contribution in [2.75, 3.05) is 26.2 Å². The second-order valence-corrected chi connectivity index (χ2v) is 7.66. The van der Waals surface area contributed by atoms with Crippen LogP contribution in [0.1, 0.15) is 22.9 Å². The molecule has 0 N–H and O–H groups in total. The minimum absolute atomic E-state index is 0.299. The zero-order valence-electron chi connectivity index (χ0n) is 16.4. The largest absolute Gasteiger partial charge is 0.356 e. The quantitative estimate of drug-likeness (QED) is 0.499. The van der Waals surface area contributed by atoms with Crippen molar-refractivity contribution in [3.05, 3.63) is 102 Å². The van der Waals surface area contributed by atoms with Gasteiger partial charge in [0.15, 0.2) is 5.58 Å². The van der Waals surface area contributed by atoms with Crippen LogP contribution in [-0.2, 0) is 6.54 Å². The first-order valence-electron chi connectivity index (χ1n) is 10.3. The molecule has 0 atom stereocenters. The van der Waals surface area contributed by atoms with E-state index in [2.05, 4.69) is 81.7 Å². The Morgan fingerprint density at radius 2 is 1.31 bits per heavy atom. The van der Waals surface area contributed by atoms with Crippen molar-refractivity contribution >= 4 is 11.0 Å². The molecule has 5 rings (SSSR count). The molecule has 0 aliphatic carbocycles. The summed E-state index contributed by atoms with van der Waals surface area (Å²) in [5.74, 6) is 0. The minimum atomic E-state index is 0.299. The van der Waals surface area contributed by atoms with Gasteiger partial charge in [-0.2, -0.15) is 0 Å². The molecule has 4 aromatic rings. The molecule has 1 aliphatic heterocycles. The molecular formula is C25H25N3O. The molecule has 0 spiro atoms. The van der Waals surface area contributed by atoms with Crippen LogP contribution in [0.15, 0.2) is 89.5 Å². The van der Waals surface area contributed by atoms with Gasteiger partial charge in [-0.25, -0.2) is 0 Å². The van der Waals surface area contributed by atoms with Crippen LogP contribution in [0, 0.1) is 0 Å². The fraction of sp³-hybridized carbons (Fsp3) is 0.240. The van der Waals surface area contributed by atoms with Crippen LogP contribution in [0.4, 0.5) is 0 Å². The average Bonchev–Trinajstić information content (AvgIpc) is 3.20. The number of hydrogen-bond donors (Lipinski definition) is 0. The maximum atomic E-state index is 5.48. The predicted octanol–water partition coefficient (Wildman–Crippen LogP) is 4.74. The lowest BCUT2D eigenvalue weighted by molar-refractivity contribution is 0.103. The molecular weight excluding hydrogens is 358 g/mol. The first-order chi connectivity index (χ1) is 14.4. The molecule has 1 aliphatic rings. The lowest BCUT2D eigenvalue weighted by Gasteiger charge is -2.39. The lowest BCUT2D eigenvalue weighted by Crippen LogP contribution is -2.47. The Morgan fingerprint density at radius 1 is 0.724 bits per heavy atom. The summed E-state index contributed by atoms with van der Waals surface area (Å²) in [7, 11) is 0. The predicted molar refractivity (Wildman–Crippen MR) is 116 cm³/mol. The van der Waals surface area contributed by atoms with E-state index in [1.165, 1.54) is 11.1 Å². The summed E-state index contributed by atoms with van der Waals surface area (Å²) in [6, 6.07) is 30.1. The Balaban J connectivity index is 1.31. The van der Waals surface area contributed by atoms with Gasteiger partial charge in [-0.3, -0.25) is 9.80 Å². The summed E-state index contributed by atoms with van der Waals surface area (Å²) in [5.41, 5.74) is 4.62. The van der Waals surface area contributed by atoms with Crippen molar-refractivity contribution in [2.45, 2.75) is 12.6 Å². The standard InChI is InChI=1S/C25H25N3O/c1-3-9-20(10-4-1)25(21-11-5-2-6-12-21)28-17-15-27(16-18-28)19-23-22-13-7-8-14-24(22)29-26-23/h1-14,25H,15-19H2. The number of aromatic nitrogens is 1. The van der Waals surface area contributed by atoms with E-state index in [0.29, 0.717) is 6.04 Å². The Kier molecular flexibility index (Phi) is 5.11. The maximum Gasteiger partial charge on any atom is 0.167 e. The number of rotatable bonds is 5. The summed E-state index contributed by atoms with van der Waals surface area (Å²) in [6.45, 7) is 4.95. The van der Waals surface area contributed by atoms with E-state index in [-0.39, 0.29) is 0 Å². The number of para-hydroxylation sites is 1. The zero-order valence-corrected chi connectivity index (χ0v) is 16.4. The first-order valence-corrected chi connectivity index (χ1v) is 10.3. The average molecular weight is 383 g/mol. The molecule has 2 heterocycles. The van der Waals surface area contributed by atoms with Crippen molar-refractivity contribution in [3.63, 3.8) is 0 Å². The molecule has 0 unspecified atom stereocenters. The van der Waals surface area contributed by atoms with Gasteiger partial charge in [0.2, 0.25) is 0 Å². The molecule has 4 heteroatoms. The Morgan fingerprint density at radius 3 is 1.97 bits per heavy atom. The van der Waals surface area contributed by atoms with Gasteiger partial charge in [0.05, 0.1) is 6.04 Å². The molecule has 1 aromatic heterocycles. The highest BCUT2D eigenvalue weighted by Crippen LogP contribution is 2.30. The highest BCUT2D eigenvalue weighted by molar-refractivity contribution is 5.79.